The zero-order valence-electron chi connectivity index (χ0n) is 51.1. The number of carbonyl (C=O) groups is 3. The fourth-order valence-corrected chi connectivity index (χ4v) is 10.5. The van der Waals surface area contributed by atoms with Crippen LogP contribution in [0, 0.1) is 33.1 Å². The summed E-state index contributed by atoms with van der Waals surface area (Å²) in [7, 11) is 9.16. The van der Waals surface area contributed by atoms with E-state index in [-0.39, 0.29) is 22.8 Å². The lowest BCUT2D eigenvalue weighted by Crippen LogP contribution is -2.14. The van der Waals surface area contributed by atoms with Gasteiger partial charge in [-0.25, -0.2) is 34.3 Å². The van der Waals surface area contributed by atoms with Crippen molar-refractivity contribution >= 4 is 50.4 Å². The van der Waals surface area contributed by atoms with Gasteiger partial charge in [0.1, 0.15) is 62.6 Å². The van der Waals surface area contributed by atoms with E-state index >= 15 is 0 Å². The molecule has 0 bridgehead atoms. The Bertz CT molecular complexity index is 4740. The maximum Gasteiger partial charge on any atom is 0.267 e. The van der Waals surface area contributed by atoms with E-state index in [9.17, 15) is 23.9 Å². The van der Waals surface area contributed by atoms with Gasteiger partial charge < -0.3 is 36.0 Å². The molecular weight excluding hydrogens is 1140 g/mol. The van der Waals surface area contributed by atoms with Crippen LogP contribution in [-0.2, 0) is 61.4 Å². The Kier molecular flexibility index (Phi) is 16.9. The summed E-state index contributed by atoms with van der Waals surface area (Å²) in [4.78, 5) is 63.2. The number of pyridine rings is 3. The van der Waals surface area contributed by atoms with E-state index in [1.807, 2.05) is 91.9 Å². The number of nitrogens with two attached hydrogens (primary N) is 3. The first-order valence-electron chi connectivity index (χ1n) is 28.4. The smallest absolute Gasteiger partial charge is 0.267 e. The molecule has 89 heavy (non-hydrogen) atoms. The van der Waals surface area contributed by atoms with E-state index in [0.29, 0.717) is 97.1 Å². The summed E-state index contributed by atoms with van der Waals surface area (Å²) in [5.41, 5.74) is 27.3. The number of primary amides is 3. The molecule has 12 rings (SSSR count). The summed E-state index contributed by atoms with van der Waals surface area (Å²) in [6.45, 7) is 13.5. The predicted octanol–water partition coefficient (Wildman–Crippen LogP) is 6.29. The molecule has 7 N–H and O–H groups in total. The molecule has 0 saturated carbocycles. The second-order valence-electron chi connectivity index (χ2n) is 21.4. The Morgan fingerprint density at radius 3 is 1.43 bits per heavy atom. The van der Waals surface area contributed by atoms with Crippen molar-refractivity contribution in [3.05, 3.63) is 102 Å². The summed E-state index contributed by atoms with van der Waals surface area (Å²) in [6.07, 6.45) is 17.0. The van der Waals surface area contributed by atoms with Crippen LogP contribution >= 0.6 is 0 Å². The van der Waals surface area contributed by atoms with Crippen LogP contribution in [0.5, 0.6) is 5.75 Å². The molecule has 0 spiro atoms. The van der Waals surface area contributed by atoms with Gasteiger partial charge in [0.2, 0.25) is 0 Å². The zero-order valence-corrected chi connectivity index (χ0v) is 51.1. The quantitative estimate of drug-likeness (QED) is 0.0728. The first-order valence-corrected chi connectivity index (χ1v) is 28.4. The highest BCUT2D eigenvalue weighted by Crippen LogP contribution is 2.36. The monoisotopic (exact) mass is 1210 g/mol. The lowest BCUT2D eigenvalue weighted by atomic mass is 10.2. The first kappa shape index (κ1) is 60.9. The normalized spacial score (nSPS) is 11.7. The van der Waals surface area contributed by atoms with Gasteiger partial charge in [-0.1, -0.05) is 0 Å². The van der Waals surface area contributed by atoms with Crippen LogP contribution in [0.1, 0.15) is 88.6 Å². The summed E-state index contributed by atoms with van der Waals surface area (Å²) in [5.74, 6) is 2.61. The number of terminal acetylenes is 1. The maximum absolute atomic E-state index is 13.2. The minimum Gasteiger partial charge on any atom is -0.504 e. The van der Waals surface area contributed by atoms with Crippen molar-refractivity contribution in [2.24, 2.45) is 52.4 Å². The number of carbonyl (C=O) groups excluding carboxylic acids is 3. The fourth-order valence-electron chi connectivity index (χ4n) is 10.5. The van der Waals surface area contributed by atoms with Crippen LogP contribution in [0.15, 0.2) is 67.5 Å². The summed E-state index contributed by atoms with van der Waals surface area (Å²) in [6, 6.07) is 8.83. The van der Waals surface area contributed by atoms with E-state index < -0.39 is 23.9 Å². The van der Waals surface area contributed by atoms with Crippen molar-refractivity contribution < 1.29 is 23.9 Å². The van der Waals surface area contributed by atoms with Crippen molar-refractivity contribution in [3.63, 3.8) is 0 Å². The highest BCUT2D eigenvalue weighted by molar-refractivity contribution is 6.01. The number of amides is 3. The Morgan fingerprint density at radius 2 is 0.989 bits per heavy atom. The Morgan fingerprint density at radius 1 is 0.573 bits per heavy atom. The number of imidazole rings is 3. The van der Waals surface area contributed by atoms with Gasteiger partial charge in [0, 0.05) is 96.0 Å². The van der Waals surface area contributed by atoms with E-state index in [1.54, 1.807) is 94.2 Å². The molecule has 29 heteroatoms. The van der Waals surface area contributed by atoms with E-state index in [2.05, 4.69) is 51.5 Å². The lowest BCUT2D eigenvalue weighted by molar-refractivity contribution is 0.0987. The van der Waals surface area contributed by atoms with Gasteiger partial charge in [0.25, 0.3) is 17.7 Å². The van der Waals surface area contributed by atoms with Crippen molar-refractivity contribution in [1.82, 2.24) is 102 Å². The summed E-state index contributed by atoms with van der Waals surface area (Å²) < 4.78 is 29.3. The Hall–Kier alpha value is -11.2. The number of aromatic nitrogens is 21. The third kappa shape index (κ3) is 11.9. The number of nitrogens with zero attached hydrogens (tertiary/aromatic N) is 21. The molecule has 0 aromatic carbocycles. The SMILES string of the molecule is C#CCCn1nc(C)cc1-c1cn(C)c(-c2nc(C(N)=O)cc3c2cnn3C)n1.CCn1nc(C)c(O)c1-c1cn(C)c(-c2nc(C(N)=O)cc3c2cnn3CC)n1.Cc1cc(-c2cn(C)c(-c3nc(C(N)=O)cc4c3cnn4C)n2)n(CCCC(C)F)n1. The molecule has 3 amide bonds. The molecule has 12 heterocycles. The van der Waals surface area contributed by atoms with Gasteiger partial charge in [0.05, 0.1) is 70.6 Å². The minimum absolute atomic E-state index is 0.0966. The van der Waals surface area contributed by atoms with Crippen LogP contribution < -0.4 is 17.2 Å². The fraction of sp³-hybridized carbons (Fsp3) is 0.317. The second-order valence-corrected chi connectivity index (χ2v) is 21.4. The van der Waals surface area contributed by atoms with Gasteiger partial charge in [0.15, 0.2) is 23.2 Å². The number of rotatable bonds is 17. The van der Waals surface area contributed by atoms with Gasteiger partial charge in [-0.15, -0.1) is 12.3 Å². The molecule has 0 saturated heterocycles. The van der Waals surface area contributed by atoms with E-state index in [4.69, 9.17) is 38.6 Å². The summed E-state index contributed by atoms with van der Waals surface area (Å²) >= 11 is 0. The van der Waals surface area contributed by atoms with Gasteiger partial charge in [-0.3, -0.25) is 42.5 Å². The van der Waals surface area contributed by atoms with E-state index in [1.165, 1.54) is 0 Å². The molecule has 12 aromatic heterocycles. The van der Waals surface area contributed by atoms with Crippen molar-refractivity contribution in [2.75, 3.05) is 0 Å². The van der Waals surface area contributed by atoms with Crippen molar-refractivity contribution in [2.45, 2.75) is 93.2 Å². The molecule has 1 atom stereocenters. The highest BCUT2D eigenvalue weighted by Gasteiger charge is 2.26. The molecule has 0 aliphatic carbocycles. The average molecular weight is 1210 g/mol. The number of aromatic hydroxyl groups is 1. The minimum atomic E-state index is -0.841. The van der Waals surface area contributed by atoms with Gasteiger partial charge >= 0.3 is 0 Å². The number of aryl methyl sites for hydroxylation is 12. The molecule has 12 aromatic rings. The number of alkyl halides is 1. The third-order valence-corrected chi connectivity index (χ3v) is 14.9. The molecular formula is C60H67FN24O4. The molecule has 0 aliphatic rings. The molecule has 0 radical (unpaired) electrons. The predicted molar refractivity (Wildman–Crippen MR) is 331 cm³/mol. The van der Waals surface area contributed by atoms with Crippen molar-refractivity contribution in [3.8, 4) is 86.8 Å². The Labute approximate surface area is 508 Å². The third-order valence-electron chi connectivity index (χ3n) is 14.9. The van der Waals surface area contributed by atoms with Crippen LogP contribution in [0.2, 0.25) is 0 Å². The lowest BCUT2D eigenvalue weighted by Gasteiger charge is -2.06. The highest BCUT2D eigenvalue weighted by atomic mass is 19.1. The molecule has 0 aliphatic heterocycles. The van der Waals surface area contributed by atoms with Crippen LogP contribution in [0.25, 0.3) is 101 Å². The number of fused-ring (bicyclic) bond motifs is 3. The van der Waals surface area contributed by atoms with Gasteiger partial charge in [-0.2, -0.15) is 30.6 Å². The second kappa shape index (κ2) is 24.7. The molecule has 458 valence electrons. The van der Waals surface area contributed by atoms with E-state index in [0.717, 1.165) is 66.9 Å². The largest absolute Gasteiger partial charge is 0.504 e. The van der Waals surface area contributed by atoms with Crippen LogP contribution in [-0.4, -0.2) is 131 Å². The topological polar surface area (TPSA) is 349 Å². The molecule has 1 unspecified atom stereocenters. The first-order chi connectivity index (χ1) is 42.5. The standard InChI is InChI=1S/C21H25FN8O.C20H20N8O.C19H22N8O2/c1-12(22)6-5-7-30-18(8-13(2)27-30)16-11-28(3)21(26-16)19-14-10-24-29(4)17(14)9-15(25-19)20(23)31;1-5-6-7-28-17(8-12(2)25-28)15-11-26(3)20(24-15)18-13-10-22-27(4)16(13)9-14(23-18)19(21)29;1-5-26-14-7-12(18(20)29)22-15(11(14)8-21-26)19-23-13(9-25(19)4)16-17(28)10(3)24-27(16)6-2/h8-12H,5-7H2,1-4H3,(H2,23,31);1,8-11H,6-7H2,2-4H3,(H2,21,29);7-9,28H,5-6H2,1-4H3,(H2,20,29). The zero-order chi connectivity index (χ0) is 63.9. The maximum atomic E-state index is 13.2. The Balaban J connectivity index is 0.000000147. The summed E-state index contributed by atoms with van der Waals surface area (Å²) in [5, 5.41) is 39.1. The number of halogens is 1. The molecule has 28 nitrogen and oxygen atoms in total. The van der Waals surface area contributed by atoms with Crippen LogP contribution in [0.4, 0.5) is 4.39 Å². The van der Waals surface area contributed by atoms with Gasteiger partial charge in [-0.05, 0) is 84.7 Å². The number of hydrogen-bond acceptors (Lipinski definition) is 16. The van der Waals surface area contributed by atoms with Crippen LogP contribution in [0.3, 0.4) is 0 Å². The number of hydrogen-bond donors (Lipinski definition) is 4. The molecule has 0 fully saturated rings. The average Bonchev–Trinajstić information content (AvgIpc) is 2.80. The van der Waals surface area contributed by atoms with Crippen molar-refractivity contribution in [1.29, 1.82) is 0 Å².